The summed E-state index contributed by atoms with van der Waals surface area (Å²) in [6.45, 7) is 1.08. The number of benzene rings is 2. The van der Waals surface area contributed by atoms with E-state index in [0.29, 0.717) is 36.8 Å². The van der Waals surface area contributed by atoms with Crippen LogP contribution in [0.15, 0.2) is 70.4 Å². The molecule has 1 saturated heterocycles. The molecule has 3 aromatic rings. The molecule has 1 aliphatic heterocycles. The van der Waals surface area contributed by atoms with Crippen LogP contribution in [0.4, 0.5) is 0 Å². The molecule has 1 atom stereocenters. The van der Waals surface area contributed by atoms with Gasteiger partial charge < -0.3 is 10.3 Å². The molecule has 0 bridgehead atoms. The van der Waals surface area contributed by atoms with Crippen molar-refractivity contribution in [2.75, 3.05) is 19.6 Å². The van der Waals surface area contributed by atoms with Crippen molar-refractivity contribution >= 4 is 26.8 Å². The Morgan fingerprint density at radius 2 is 1.90 bits per heavy atom. The number of nitrogens with zero attached hydrogens (tertiary/aromatic N) is 1. The number of hydrogen-bond donors (Lipinski definition) is 2. The summed E-state index contributed by atoms with van der Waals surface area (Å²) >= 11 is 0. The molecule has 1 fully saturated rings. The second-order valence-corrected chi connectivity index (χ2v) is 9.74. The summed E-state index contributed by atoms with van der Waals surface area (Å²) < 4.78 is 27.8. The van der Waals surface area contributed by atoms with Crippen molar-refractivity contribution in [3.63, 3.8) is 0 Å². The van der Waals surface area contributed by atoms with Crippen molar-refractivity contribution < 1.29 is 13.2 Å². The molecule has 1 aromatic heterocycles. The molecule has 162 valence electrons. The van der Waals surface area contributed by atoms with Crippen LogP contribution in [0, 0.1) is 5.92 Å². The highest BCUT2D eigenvalue weighted by Gasteiger charge is 2.33. The molecule has 7 nitrogen and oxygen atoms in total. The van der Waals surface area contributed by atoms with E-state index in [-0.39, 0.29) is 28.8 Å². The van der Waals surface area contributed by atoms with E-state index in [2.05, 4.69) is 10.3 Å². The lowest BCUT2D eigenvalue weighted by Crippen LogP contribution is -2.45. The van der Waals surface area contributed by atoms with Gasteiger partial charge in [0.25, 0.3) is 0 Å². The Morgan fingerprint density at radius 1 is 1.10 bits per heavy atom. The topological polar surface area (TPSA) is 99.3 Å². The van der Waals surface area contributed by atoms with Gasteiger partial charge in [-0.1, -0.05) is 30.3 Å². The zero-order valence-electron chi connectivity index (χ0n) is 17.1. The van der Waals surface area contributed by atoms with E-state index >= 15 is 0 Å². The second kappa shape index (κ2) is 9.03. The normalized spacial score (nSPS) is 17.5. The molecule has 1 amide bonds. The number of sulfonamides is 1. The van der Waals surface area contributed by atoms with Crippen LogP contribution in [0.1, 0.15) is 18.4 Å². The lowest BCUT2D eigenvalue weighted by atomic mass is 9.99. The fourth-order valence-corrected chi connectivity index (χ4v) is 5.50. The lowest BCUT2D eigenvalue weighted by Gasteiger charge is -2.31. The van der Waals surface area contributed by atoms with E-state index in [1.165, 1.54) is 16.4 Å². The summed E-state index contributed by atoms with van der Waals surface area (Å²) in [5.74, 6) is -0.469. The van der Waals surface area contributed by atoms with Crippen LogP contribution in [0.5, 0.6) is 0 Å². The average Bonchev–Trinajstić information content (AvgIpc) is 2.79. The van der Waals surface area contributed by atoms with Crippen LogP contribution in [0.2, 0.25) is 0 Å². The summed E-state index contributed by atoms with van der Waals surface area (Å²) in [5.41, 5.74) is 1.49. The van der Waals surface area contributed by atoms with Gasteiger partial charge in [-0.05, 0) is 54.5 Å². The zero-order valence-corrected chi connectivity index (χ0v) is 17.9. The van der Waals surface area contributed by atoms with Gasteiger partial charge in [-0.15, -0.1) is 0 Å². The first-order valence-corrected chi connectivity index (χ1v) is 11.8. The highest BCUT2D eigenvalue weighted by atomic mass is 32.2. The van der Waals surface area contributed by atoms with Crippen LogP contribution < -0.4 is 10.9 Å². The highest BCUT2D eigenvalue weighted by molar-refractivity contribution is 7.89. The number of carbonyl (C=O) groups excluding carboxylic acids is 1. The molecular formula is C23H25N3O4S. The molecule has 0 unspecified atom stereocenters. The summed E-state index contributed by atoms with van der Waals surface area (Å²) in [5, 5.41) is 3.59. The quantitative estimate of drug-likeness (QED) is 0.616. The summed E-state index contributed by atoms with van der Waals surface area (Å²) in [6, 6.07) is 17.5. The molecule has 0 radical (unpaired) electrons. The predicted octanol–water partition coefficient (Wildman–Crippen LogP) is 2.29. The molecule has 1 aliphatic rings. The van der Waals surface area contributed by atoms with Gasteiger partial charge in [0.15, 0.2) is 0 Å². The van der Waals surface area contributed by atoms with Gasteiger partial charge in [-0.3, -0.25) is 9.59 Å². The molecule has 4 rings (SSSR count). The Bertz CT molecular complexity index is 1240. The molecule has 31 heavy (non-hydrogen) atoms. The maximum atomic E-state index is 13.2. The van der Waals surface area contributed by atoms with E-state index < -0.39 is 10.0 Å². The third kappa shape index (κ3) is 4.86. The van der Waals surface area contributed by atoms with Crippen molar-refractivity contribution in [2.24, 2.45) is 5.92 Å². The number of rotatable bonds is 6. The SMILES string of the molecule is O=C(NCCc1ccccc1)[C@@H]1CCCN(S(=O)(=O)c2ccc3[nH]c(=O)ccc3c2)C1. The second-order valence-electron chi connectivity index (χ2n) is 7.80. The minimum atomic E-state index is -3.73. The number of H-pyrrole nitrogens is 1. The Labute approximate surface area is 181 Å². The first-order valence-electron chi connectivity index (χ1n) is 10.4. The van der Waals surface area contributed by atoms with Crippen LogP contribution in [0.25, 0.3) is 10.9 Å². The summed E-state index contributed by atoms with van der Waals surface area (Å²) in [7, 11) is -3.73. The molecular weight excluding hydrogens is 414 g/mol. The van der Waals surface area contributed by atoms with Crippen LogP contribution in [-0.2, 0) is 21.2 Å². The number of fused-ring (bicyclic) bond motifs is 1. The Balaban J connectivity index is 1.42. The number of nitrogens with one attached hydrogen (secondary N) is 2. The lowest BCUT2D eigenvalue weighted by molar-refractivity contribution is -0.126. The van der Waals surface area contributed by atoms with E-state index in [1.54, 1.807) is 18.2 Å². The molecule has 8 heteroatoms. The standard InChI is InChI=1S/C23H25N3O4S/c27-22-11-8-18-15-20(9-10-21(18)25-22)31(29,30)26-14-4-7-19(16-26)23(28)24-13-12-17-5-2-1-3-6-17/h1-3,5-6,8-11,15,19H,4,7,12-14,16H2,(H,24,28)(H,25,27)/t19-/m1/s1. The van der Waals surface area contributed by atoms with Crippen molar-refractivity contribution in [3.8, 4) is 0 Å². The minimum Gasteiger partial charge on any atom is -0.355 e. The number of aromatic nitrogens is 1. The van der Waals surface area contributed by atoms with Gasteiger partial charge in [0.2, 0.25) is 21.5 Å². The zero-order chi connectivity index (χ0) is 21.8. The minimum absolute atomic E-state index is 0.105. The predicted molar refractivity (Wildman–Crippen MR) is 119 cm³/mol. The molecule has 0 saturated carbocycles. The number of amides is 1. The monoisotopic (exact) mass is 439 g/mol. The number of aromatic amines is 1. The van der Waals surface area contributed by atoms with Crippen LogP contribution in [0.3, 0.4) is 0 Å². The molecule has 2 N–H and O–H groups in total. The molecule has 2 heterocycles. The molecule has 0 aliphatic carbocycles. The number of hydrogen-bond acceptors (Lipinski definition) is 4. The fraction of sp³-hybridized carbons (Fsp3) is 0.304. The smallest absolute Gasteiger partial charge is 0.248 e. The number of piperidine rings is 1. The van der Waals surface area contributed by atoms with Crippen LogP contribution in [-0.4, -0.2) is 43.2 Å². The maximum Gasteiger partial charge on any atom is 0.248 e. The first kappa shape index (κ1) is 21.3. The van der Waals surface area contributed by atoms with Gasteiger partial charge in [-0.2, -0.15) is 4.31 Å². The highest BCUT2D eigenvalue weighted by Crippen LogP contribution is 2.25. The number of carbonyl (C=O) groups is 1. The number of pyridine rings is 1. The summed E-state index contributed by atoms with van der Waals surface area (Å²) in [4.78, 5) is 26.9. The van der Waals surface area contributed by atoms with Crippen molar-refractivity contribution in [1.82, 2.24) is 14.6 Å². The molecule has 2 aromatic carbocycles. The van der Waals surface area contributed by atoms with E-state index in [4.69, 9.17) is 0 Å². The average molecular weight is 440 g/mol. The van der Waals surface area contributed by atoms with Crippen molar-refractivity contribution in [1.29, 1.82) is 0 Å². The third-order valence-electron chi connectivity index (χ3n) is 5.64. The van der Waals surface area contributed by atoms with Gasteiger partial charge in [-0.25, -0.2) is 8.42 Å². The van der Waals surface area contributed by atoms with Gasteiger partial charge in [0.1, 0.15) is 0 Å². The Morgan fingerprint density at radius 3 is 2.71 bits per heavy atom. The van der Waals surface area contributed by atoms with E-state index in [9.17, 15) is 18.0 Å². The van der Waals surface area contributed by atoms with Crippen LogP contribution >= 0.6 is 0 Å². The van der Waals surface area contributed by atoms with E-state index in [0.717, 1.165) is 12.0 Å². The van der Waals surface area contributed by atoms with Gasteiger partial charge in [0.05, 0.1) is 10.8 Å². The first-order chi connectivity index (χ1) is 14.9. The largest absolute Gasteiger partial charge is 0.355 e. The van der Waals surface area contributed by atoms with Gasteiger partial charge >= 0.3 is 0 Å². The fourth-order valence-electron chi connectivity index (χ4n) is 3.94. The Hall–Kier alpha value is -2.97. The third-order valence-corrected chi connectivity index (χ3v) is 7.50. The van der Waals surface area contributed by atoms with Crippen molar-refractivity contribution in [3.05, 3.63) is 76.6 Å². The summed E-state index contributed by atoms with van der Waals surface area (Å²) in [6.07, 6.45) is 2.04. The Kier molecular flexibility index (Phi) is 6.20. The van der Waals surface area contributed by atoms with E-state index in [1.807, 2.05) is 30.3 Å². The van der Waals surface area contributed by atoms with Crippen molar-refractivity contribution in [2.45, 2.75) is 24.2 Å². The maximum absolute atomic E-state index is 13.2. The van der Waals surface area contributed by atoms with Gasteiger partial charge in [0, 0.05) is 31.2 Å². The molecule has 0 spiro atoms.